The van der Waals surface area contributed by atoms with Gasteiger partial charge in [-0.1, -0.05) is 18.2 Å². The number of amides is 2. The van der Waals surface area contributed by atoms with Crippen molar-refractivity contribution < 1.29 is 37.4 Å². The van der Waals surface area contributed by atoms with Crippen LogP contribution in [0.5, 0.6) is 5.75 Å². The number of methoxy groups -OCH3 is 1. The summed E-state index contributed by atoms with van der Waals surface area (Å²) in [4.78, 5) is 46.4. The molecule has 12 heteroatoms. The molecule has 5 rings (SSSR count). The Kier molecular flexibility index (Phi) is 10.3. The van der Waals surface area contributed by atoms with Gasteiger partial charge >= 0.3 is 12.1 Å². The molecule has 2 aromatic rings. The molecule has 0 spiro atoms. The van der Waals surface area contributed by atoms with Crippen LogP contribution in [0.4, 0.5) is 18.9 Å². The average molecular weight is 673 g/mol. The third kappa shape index (κ3) is 7.28. The van der Waals surface area contributed by atoms with Crippen LogP contribution >= 0.6 is 0 Å². The first-order valence-electron chi connectivity index (χ1n) is 16.7. The van der Waals surface area contributed by atoms with E-state index in [2.05, 4.69) is 4.90 Å². The van der Waals surface area contributed by atoms with Crippen LogP contribution in [0.1, 0.15) is 68.1 Å². The maximum atomic E-state index is 14.3. The van der Waals surface area contributed by atoms with E-state index in [9.17, 15) is 32.7 Å². The van der Waals surface area contributed by atoms with Crippen molar-refractivity contribution in [2.24, 2.45) is 11.8 Å². The van der Waals surface area contributed by atoms with E-state index in [-0.39, 0.29) is 29.6 Å². The molecule has 3 aliphatic rings. The van der Waals surface area contributed by atoms with Crippen molar-refractivity contribution in [2.75, 3.05) is 65.4 Å². The minimum atomic E-state index is -4.50. The number of nitrogens with zero attached hydrogens (tertiary/aromatic N) is 4. The number of aliphatic carboxylic acids is 1. The standard InChI is InChI=1S/C36H47F3N4O5/c1-35(2,34(47)40(3)4)43-21-29(23-6-9-27(48-5)10-7-23)30(22-43)32(44)42-18-12-24(13-19-42)28-11-8-26(36(37,38)39)20-31(28)41-16-14-25(15-17-41)33(45)46/h6-11,20,24-25,29-30H,12-19,21-22H2,1-5H3,(H,45,46)/t29-,30+/m0/s1. The predicted molar refractivity (Wildman–Crippen MR) is 176 cm³/mol. The van der Waals surface area contributed by atoms with Gasteiger partial charge in [0.1, 0.15) is 5.75 Å². The second-order valence-electron chi connectivity index (χ2n) is 14.1. The topological polar surface area (TPSA) is 93.6 Å². The highest BCUT2D eigenvalue weighted by Crippen LogP contribution is 2.42. The average Bonchev–Trinajstić information content (AvgIpc) is 3.53. The summed E-state index contributed by atoms with van der Waals surface area (Å²) in [5, 5.41) is 9.43. The number of hydrogen-bond acceptors (Lipinski definition) is 6. The monoisotopic (exact) mass is 672 g/mol. The maximum Gasteiger partial charge on any atom is 0.416 e. The van der Waals surface area contributed by atoms with E-state index in [0.717, 1.165) is 22.9 Å². The van der Waals surface area contributed by atoms with Gasteiger partial charge in [0.2, 0.25) is 11.8 Å². The first kappa shape index (κ1) is 35.5. The number of halogens is 3. The number of anilines is 1. The SMILES string of the molecule is COc1ccc([C@@H]2CN(C(C)(C)C(=O)N(C)C)C[C@H]2C(=O)N2CCC(c3ccc(C(F)(F)F)cc3N3CCC(C(=O)O)CC3)CC2)cc1. The van der Waals surface area contributed by atoms with Gasteiger partial charge in [0.15, 0.2) is 0 Å². The third-order valence-corrected chi connectivity index (χ3v) is 10.7. The highest BCUT2D eigenvalue weighted by Gasteiger charge is 2.48. The smallest absolute Gasteiger partial charge is 0.416 e. The molecule has 0 saturated carbocycles. The number of carboxylic acids is 1. The molecule has 0 aromatic heterocycles. The molecule has 3 saturated heterocycles. The zero-order valence-corrected chi connectivity index (χ0v) is 28.4. The summed E-state index contributed by atoms with van der Waals surface area (Å²) >= 11 is 0. The van der Waals surface area contributed by atoms with Crippen LogP contribution in [0.2, 0.25) is 0 Å². The van der Waals surface area contributed by atoms with Gasteiger partial charge in [0.05, 0.1) is 30.0 Å². The molecule has 9 nitrogen and oxygen atoms in total. The molecule has 0 aliphatic carbocycles. The van der Waals surface area contributed by atoms with Crippen LogP contribution in [0.15, 0.2) is 42.5 Å². The Morgan fingerprint density at radius 2 is 1.52 bits per heavy atom. The van der Waals surface area contributed by atoms with Crippen LogP contribution in [0.3, 0.4) is 0 Å². The molecular weight excluding hydrogens is 625 g/mol. The lowest BCUT2D eigenvalue weighted by atomic mass is 9.84. The molecule has 0 unspecified atom stereocenters. The number of rotatable bonds is 8. The van der Waals surface area contributed by atoms with Crippen molar-refractivity contribution in [2.45, 2.75) is 63.1 Å². The van der Waals surface area contributed by atoms with Crippen molar-refractivity contribution in [1.29, 1.82) is 0 Å². The second kappa shape index (κ2) is 14.0. The van der Waals surface area contributed by atoms with Crippen molar-refractivity contribution in [3.63, 3.8) is 0 Å². The predicted octanol–water partition coefficient (Wildman–Crippen LogP) is 5.30. The molecule has 0 radical (unpaired) electrons. The summed E-state index contributed by atoms with van der Waals surface area (Å²) in [5.41, 5.74) is 0.794. The van der Waals surface area contributed by atoms with Crippen molar-refractivity contribution in [1.82, 2.24) is 14.7 Å². The third-order valence-electron chi connectivity index (χ3n) is 10.7. The van der Waals surface area contributed by atoms with Crippen molar-refractivity contribution >= 4 is 23.5 Å². The van der Waals surface area contributed by atoms with Crippen LogP contribution in [-0.2, 0) is 20.6 Å². The molecule has 48 heavy (non-hydrogen) atoms. The number of alkyl halides is 3. The first-order chi connectivity index (χ1) is 22.6. The molecule has 3 aliphatic heterocycles. The van der Waals surface area contributed by atoms with E-state index in [1.54, 1.807) is 32.2 Å². The lowest BCUT2D eigenvalue weighted by Crippen LogP contribution is -2.54. The molecule has 3 heterocycles. The quantitative estimate of drug-likeness (QED) is 0.407. The molecule has 262 valence electrons. The van der Waals surface area contributed by atoms with Crippen LogP contribution in [-0.4, -0.2) is 104 Å². The number of benzene rings is 2. The van der Waals surface area contributed by atoms with Crippen molar-refractivity contribution in [3.05, 3.63) is 59.2 Å². The molecule has 1 N–H and O–H groups in total. The molecular formula is C36H47F3N4O5. The van der Waals surface area contributed by atoms with Gasteiger partial charge < -0.3 is 24.5 Å². The van der Waals surface area contributed by atoms with Crippen LogP contribution in [0, 0.1) is 11.8 Å². The summed E-state index contributed by atoms with van der Waals surface area (Å²) in [5.74, 6) is -1.22. The van der Waals surface area contributed by atoms with Gasteiger partial charge in [-0.2, -0.15) is 13.2 Å². The van der Waals surface area contributed by atoms with Gasteiger partial charge in [0, 0.05) is 65.0 Å². The Morgan fingerprint density at radius 1 is 0.896 bits per heavy atom. The van der Waals surface area contributed by atoms with E-state index >= 15 is 0 Å². The van der Waals surface area contributed by atoms with E-state index in [4.69, 9.17) is 4.74 Å². The summed E-state index contributed by atoms with van der Waals surface area (Å²) in [7, 11) is 5.06. The number of ether oxygens (including phenoxy) is 1. The Labute approximate surface area is 280 Å². The lowest BCUT2D eigenvalue weighted by molar-refractivity contribution is -0.142. The first-order valence-corrected chi connectivity index (χ1v) is 16.7. The number of carboxylic acid groups (broad SMARTS) is 1. The minimum Gasteiger partial charge on any atom is -0.497 e. The fraction of sp³-hybridized carbons (Fsp3) is 0.583. The summed E-state index contributed by atoms with van der Waals surface area (Å²) < 4.78 is 46.7. The molecule has 3 fully saturated rings. The number of hydrogen-bond donors (Lipinski definition) is 1. The van der Waals surface area contributed by atoms with Crippen molar-refractivity contribution in [3.8, 4) is 5.75 Å². The Morgan fingerprint density at radius 3 is 2.06 bits per heavy atom. The largest absolute Gasteiger partial charge is 0.497 e. The number of carbonyl (C=O) groups is 3. The van der Waals surface area contributed by atoms with Gasteiger partial charge in [-0.3, -0.25) is 19.3 Å². The lowest BCUT2D eigenvalue weighted by Gasteiger charge is -2.38. The van der Waals surface area contributed by atoms with E-state index in [0.29, 0.717) is 70.6 Å². The fourth-order valence-corrected chi connectivity index (χ4v) is 7.73. The highest BCUT2D eigenvalue weighted by atomic mass is 19.4. The summed E-state index contributed by atoms with van der Waals surface area (Å²) in [6.07, 6.45) is -2.54. The minimum absolute atomic E-state index is 0.0215. The van der Waals surface area contributed by atoms with Gasteiger partial charge in [-0.15, -0.1) is 0 Å². The summed E-state index contributed by atoms with van der Waals surface area (Å²) in [6, 6.07) is 11.6. The van der Waals surface area contributed by atoms with Crippen LogP contribution in [0.25, 0.3) is 0 Å². The zero-order valence-electron chi connectivity index (χ0n) is 28.4. The van der Waals surface area contributed by atoms with E-state index in [1.807, 2.05) is 47.9 Å². The zero-order chi connectivity index (χ0) is 35.0. The fourth-order valence-electron chi connectivity index (χ4n) is 7.73. The van der Waals surface area contributed by atoms with Gasteiger partial charge in [-0.05, 0) is 80.8 Å². The van der Waals surface area contributed by atoms with Gasteiger partial charge in [-0.25, -0.2) is 0 Å². The van der Waals surface area contributed by atoms with Gasteiger partial charge in [0.25, 0.3) is 0 Å². The number of carbonyl (C=O) groups excluding carboxylic acids is 2. The molecule has 0 bridgehead atoms. The second-order valence-corrected chi connectivity index (χ2v) is 14.1. The van der Waals surface area contributed by atoms with E-state index in [1.165, 1.54) is 6.07 Å². The Bertz CT molecular complexity index is 1480. The number of piperidine rings is 2. The molecule has 2 aromatic carbocycles. The summed E-state index contributed by atoms with van der Waals surface area (Å²) in [6.45, 7) is 6.44. The molecule has 2 amide bonds. The maximum absolute atomic E-state index is 14.3. The molecule has 2 atom stereocenters. The number of likely N-dealkylation sites (N-methyl/N-ethyl adjacent to an activating group) is 1. The Balaban J connectivity index is 1.35. The highest BCUT2D eigenvalue weighted by molar-refractivity contribution is 5.86. The number of likely N-dealkylation sites (tertiary alicyclic amines) is 2. The van der Waals surface area contributed by atoms with Crippen LogP contribution < -0.4 is 9.64 Å². The normalized spacial score (nSPS) is 21.8. The van der Waals surface area contributed by atoms with E-state index < -0.39 is 29.2 Å². The Hall–Kier alpha value is -3.80.